The van der Waals surface area contributed by atoms with E-state index < -0.39 is 0 Å². The maximum Gasteiger partial charge on any atom is 0.270 e. The number of rotatable bonds is 7. The fraction of sp³-hybridized carbons (Fsp3) is 0.458. The average Bonchev–Trinajstić information content (AvgIpc) is 3.24. The monoisotopic (exact) mass is 434 g/mol. The molecule has 3 aromatic rings. The second-order valence-corrected chi connectivity index (χ2v) is 8.49. The first-order valence-corrected chi connectivity index (χ1v) is 11.4. The van der Waals surface area contributed by atoms with Crippen molar-refractivity contribution < 1.29 is 4.79 Å². The van der Waals surface area contributed by atoms with Crippen molar-refractivity contribution in [3.63, 3.8) is 0 Å². The highest BCUT2D eigenvalue weighted by Gasteiger charge is 2.26. The number of carbonyl (C=O) groups is 1. The Morgan fingerprint density at radius 1 is 1.12 bits per heavy atom. The molecule has 2 N–H and O–H groups in total. The molecule has 0 radical (unpaired) electrons. The van der Waals surface area contributed by atoms with E-state index in [1.807, 2.05) is 12.1 Å². The summed E-state index contributed by atoms with van der Waals surface area (Å²) in [5.41, 5.74) is 3.16. The van der Waals surface area contributed by atoms with E-state index in [0.29, 0.717) is 23.0 Å². The first-order valence-electron chi connectivity index (χ1n) is 11.4. The number of amides is 1. The molecule has 1 aliphatic rings. The number of nitrogens with zero attached hydrogens (tertiary/aromatic N) is 4. The van der Waals surface area contributed by atoms with E-state index in [9.17, 15) is 9.59 Å². The van der Waals surface area contributed by atoms with Crippen molar-refractivity contribution in [2.75, 3.05) is 5.32 Å². The quantitative estimate of drug-likeness (QED) is 0.581. The Morgan fingerprint density at radius 2 is 1.88 bits per heavy atom. The number of hydrogen-bond donors (Lipinski definition) is 2. The molecule has 8 nitrogen and oxygen atoms in total. The summed E-state index contributed by atoms with van der Waals surface area (Å²) in [6.45, 7) is 5.71. The van der Waals surface area contributed by atoms with Crippen LogP contribution in [-0.4, -0.2) is 31.5 Å². The molecular weight excluding hydrogens is 404 g/mol. The highest BCUT2D eigenvalue weighted by Crippen LogP contribution is 2.35. The maximum absolute atomic E-state index is 12.5. The minimum Gasteiger partial charge on any atom is -0.354 e. The predicted octanol–water partition coefficient (Wildman–Crippen LogP) is 4.06. The summed E-state index contributed by atoms with van der Waals surface area (Å²) >= 11 is 0. The van der Waals surface area contributed by atoms with Gasteiger partial charge in [0.25, 0.3) is 5.56 Å². The zero-order valence-electron chi connectivity index (χ0n) is 18.8. The number of fused-ring (bicyclic) bond motifs is 1. The van der Waals surface area contributed by atoms with Gasteiger partial charge in [-0.25, -0.2) is 9.97 Å². The van der Waals surface area contributed by atoms with Crippen LogP contribution in [-0.2, 0) is 4.79 Å². The molecule has 168 valence electrons. The van der Waals surface area contributed by atoms with E-state index in [1.54, 1.807) is 17.7 Å². The number of anilines is 2. The number of benzene rings is 1. The van der Waals surface area contributed by atoms with E-state index >= 15 is 0 Å². The van der Waals surface area contributed by atoms with Gasteiger partial charge >= 0.3 is 0 Å². The van der Waals surface area contributed by atoms with Crippen LogP contribution in [0.1, 0.15) is 70.4 Å². The Labute approximate surface area is 187 Å². The molecule has 1 aliphatic carbocycles. The van der Waals surface area contributed by atoms with Gasteiger partial charge in [-0.3, -0.25) is 14.2 Å². The second-order valence-electron chi connectivity index (χ2n) is 8.49. The van der Waals surface area contributed by atoms with Gasteiger partial charge < -0.3 is 10.6 Å². The summed E-state index contributed by atoms with van der Waals surface area (Å²) in [6.07, 6.45) is 7.74. The van der Waals surface area contributed by atoms with Gasteiger partial charge in [-0.05, 0) is 55.7 Å². The zero-order valence-corrected chi connectivity index (χ0v) is 18.8. The lowest BCUT2D eigenvalue weighted by Crippen LogP contribution is -2.30. The smallest absolute Gasteiger partial charge is 0.270 e. The molecule has 8 heteroatoms. The lowest BCUT2D eigenvalue weighted by molar-refractivity contribution is -0.119. The largest absolute Gasteiger partial charge is 0.354 e. The molecule has 0 bridgehead atoms. The third-order valence-electron chi connectivity index (χ3n) is 6.32. The van der Waals surface area contributed by atoms with Crippen LogP contribution in [0.2, 0.25) is 0 Å². The summed E-state index contributed by atoms with van der Waals surface area (Å²) in [6, 6.07) is 8.61. The van der Waals surface area contributed by atoms with Gasteiger partial charge in [0.05, 0.1) is 12.4 Å². The lowest BCUT2D eigenvalue weighted by Gasteiger charge is -2.18. The Kier molecular flexibility index (Phi) is 6.48. The summed E-state index contributed by atoms with van der Waals surface area (Å²) in [5, 5.41) is 6.28. The van der Waals surface area contributed by atoms with Crippen LogP contribution in [0.4, 0.5) is 11.6 Å². The maximum atomic E-state index is 12.5. The van der Waals surface area contributed by atoms with Gasteiger partial charge in [-0.2, -0.15) is 4.98 Å². The third-order valence-corrected chi connectivity index (χ3v) is 6.32. The molecule has 32 heavy (non-hydrogen) atoms. The highest BCUT2D eigenvalue weighted by molar-refractivity contribution is 5.73. The SMILES string of the molecule is CCC(CC)n1c(=O)cnc2cnc(Nc3ccc(C4CCC(NC(C)=O)C4)cc3)nc21. The molecular formula is C24H30N6O2. The fourth-order valence-corrected chi connectivity index (χ4v) is 4.66. The van der Waals surface area contributed by atoms with Crippen molar-refractivity contribution in [1.29, 1.82) is 0 Å². The topological polar surface area (TPSA) is 102 Å². The number of nitrogens with one attached hydrogen (secondary N) is 2. The van der Waals surface area contributed by atoms with Crippen molar-refractivity contribution in [1.82, 2.24) is 24.8 Å². The van der Waals surface area contributed by atoms with Crippen LogP contribution < -0.4 is 16.2 Å². The highest BCUT2D eigenvalue weighted by atomic mass is 16.1. The minimum atomic E-state index is -0.144. The minimum absolute atomic E-state index is 0.0374. The standard InChI is InChI=1S/C24H30N6O2/c1-4-20(5-2)30-22(32)14-25-21-13-26-24(29-23(21)30)28-18-9-6-16(7-10-18)17-8-11-19(12-17)27-15(3)31/h6-7,9-10,13-14,17,19-20H,4-5,8,11-12H2,1-3H3,(H,27,31)(H,26,28,29). The Hall–Kier alpha value is -3.29. The summed E-state index contributed by atoms with van der Waals surface area (Å²) in [4.78, 5) is 37.0. The first kappa shape index (κ1) is 21.9. The van der Waals surface area contributed by atoms with Crippen LogP contribution >= 0.6 is 0 Å². The molecule has 1 fully saturated rings. The molecule has 2 heterocycles. The summed E-state index contributed by atoms with van der Waals surface area (Å²) in [5.74, 6) is 0.928. The van der Waals surface area contributed by atoms with Crippen LogP contribution in [0.5, 0.6) is 0 Å². The molecule has 4 rings (SSSR count). The number of aromatic nitrogens is 4. The van der Waals surface area contributed by atoms with Gasteiger partial charge in [0, 0.05) is 24.7 Å². The van der Waals surface area contributed by atoms with Crippen LogP contribution in [0.3, 0.4) is 0 Å². The summed E-state index contributed by atoms with van der Waals surface area (Å²) < 4.78 is 1.73. The number of carbonyl (C=O) groups excluding carboxylic acids is 1. The molecule has 0 spiro atoms. The molecule has 0 aliphatic heterocycles. The normalized spacial score (nSPS) is 18.2. The van der Waals surface area contributed by atoms with Crippen molar-refractivity contribution >= 4 is 28.7 Å². The molecule has 2 unspecified atom stereocenters. The van der Waals surface area contributed by atoms with Gasteiger partial charge in [-0.1, -0.05) is 26.0 Å². The van der Waals surface area contributed by atoms with E-state index in [1.165, 1.54) is 11.8 Å². The van der Waals surface area contributed by atoms with E-state index in [-0.39, 0.29) is 23.6 Å². The van der Waals surface area contributed by atoms with Crippen LogP contribution in [0, 0.1) is 0 Å². The first-order chi connectivity index (χ1) is 15.5. The van der Waals surface area contributed by atoms with Crippen molar-refractivity contribution in [3.05, 3.63) is 52.6 Å². The Morgan fingerprint density at radius 3 is 2.56 bits per heavy atom. The van der Waals surface area contributed by atoms with Crippen molar-refractivity contribution in [3.8, 4) is 0 Å². The zero-order chi connectivity index (χ0) is 22.7. The molecule has 1 saturated carbocycles. The lowest BCUT2D eigenvalue weighted by atomic mass is 9.97. The third kappa shape index (κ3) is 4.64. The van der Waals surface area contributed by atoms with Crippen molar-refractivity contribution in [2.45, 2.75) is 70.9 Å². The molecule has 0 saturated heterocycles. The van der Waals surface area contributed by atoms with Gasteiger partial charge in [-0.15, -0.1) is 0 Å². The van der Waals surface area contributed by atoms with Gasteiger partial charge in [0.1, 0.15) is 5.52 Å². The van der Waals surface area contributed by atoms with E-state index in [4.69, 9.17) is 0 Å². The molecule has 1 aromatic carbocycles. The Bertz CT molecular complexity index is 1150. The predicted molar refractivity (Wildman–Crippen MR) is 125 cm³/mol. The van der Waals surface area contributed by atoms with Crippen LogP contribution in [0.15, 0.2) is 41.5 Å². The van der Waals surface area contributed by atoms with Gasteiger partial charge in [0.2, 0.25) is 11.9 Å². The van der Waals surface area contributed by atoms with Gasteiger partial charge in [0.15, 0.2) is 5.65 Å². The Balaban J connectivity index is 1.53. The van der Waals surface area contributed by atoms with Crippen LogP contribution in [0.25, 0.3) is 11.2 Å². The van der Waals surface area contributed by atoms with E-state index in [2.05, 4.69) is 51.6 Å². The second kappa shape index (κ2) is 9.46. The van der Waals surface area contributed by atoms with Crippen molar-refractivity contribution in [2.24, 2.45) is 0 Å². The summed E-state index contributed by atoms with van der Waals surface area (Å²) in [7, 11) is 0. The number of hydrogen-bond acceptors (Lipinski definition) is 6. The molecule has 2 aromatic heterocycles. The fourth-order valence-electron chi connectivity index (χ4n) is 4.66. The molecule has 1 amide bonds. The average molecular weight is 435 g/mol. The van der Waals surface area contributed by atoms with E-state index in [0.717, 1.165) is 37.8 Å². The molecule has 2 atom stereocenters.